The SMILES string of the molecule is CCOc1cc(/C=C2\C(=O)NC(=O)N(c3ccc(Cl)c(Cl)c3)C2=O)cc(Br)c1OCC(=O)Nc1ccc(Cl)cc1. The Morgan fingerprint density at radius 2 is 1.73 bits per heavy atom. The first-order valence-corrected chi connectivity index (χ1v) is 13.5. The molecule has 1 fully saturated rings. The van der Waals surface area contributed by atoms with E-state index in [0.717, 1.165) is 4.90 Å². The lowest BCUT2D eigenvalue weighted by Gasteiger charge is -2.26. The molecule has 13 heteroatoms. The summed E-state index contributed by atoms with van der Waals surface area (Å²) in [5, 5.41) is 5.75. The number of hydrogen-bond acceptors (Lipinski definition) is 6. The van der Waals surface area contributed by atoms with Crippen LogP contribution in [0.2, 0.25) is 15.1 Å². The number of nitrogens with zero attached hydrogens (tertiary/aromatic N) is 1. The summed E-state index contributed by atoms with van der Waals surface area (Å²) in [4.78, 5) is 51.5. The first kappa shape index (κ1) is 29.4. The molecule has 0 spiro atoms. The first-order valence-electron chi connectivity index (χ1n) is 11.6. The van der Waals surface area contributed by atoms with Gasteiger partial charge in [0.15, 0.2) is 18.1 Å². The molecule has 9 nitrogen and oxygen atoms in total. The van der Waals surface area contributed by atoms with E-state index in [4.69, 9.17) is 44.3 Å². The van der Waals surface area contributed by atoms with Gasteiger partial charge in [-0.1, -0.05) is 34.8 Å². The molecule has 1 saturated heterocycles. The Morgan fingerprint density at radius 3 is 2.40 bits per heavy atom. The molecule has 1 aliphatic rings. The summed E-state index contributed by atoms with van der Waals surface area (Å²) in [6.45, 7) is 1.69. The highest BCUT2D eigenvalue weighted by molar-refractivity contribution is 9.10. The fraction of sp³-hybridized carbons (Fsp3) is 0.111. The van der Waals surface area contributed by atoms with Crippen LogP contribution in [-0.2, 0) is 14.4 Å². The molecule has 0 radical (unpaired) electrons. The molecule has 0 saturated carbocycles. The van der Waals surface area contributed by atoms with Gasteiger partial charge in [0.25, 0.3) is 17.7 Å². The third-order valence-corrected chi connectivity index (χ3v) is 6.96. The number of imide groups is 2. The van der Waals surface area contributed by atoms with Crippen LogP contribution >= 0.6 is 50.7 Å². The number of nitrogens with one attached hydrogen (secondary N) is 2. The topological polar surface area (TPSA) is 114 Å². The summed E-state index contributed by atoms with van der Waals surface area (Å²) in [7, 11) is 0. The molecule has 1 heterocycles. The summed E-state index contributed by atoms with van der Waals surface area (Å²) < 4.78 is 11.8. The van der Waals surface area contributed by atoms with Crippen molar-refractivity contribution in [3.8, 4) is 11.5 Å². The molecule has 5 amide bonds. The van der Waals surface area contributed by atoms with Crippen molar-refractivity contribution in [2.75, 3.05) is 23.4 Å². The van der Waals surface area contributed by atoms with Gasteiger partial charge in [0.05, 0.1) is 26.8 Å². The van der Waals surface area contributed by atoms with E-state index in [9.17, 15) is 19.2 Å². The van der Waals surface area contributed by atoms with Gasteiger partial charge < -0.3 is 14.8 Å². The van der Waals surface area contributed by atoms with Crippen LogP contribution in [0.25, 0.3) is 6.08 Å². The van der Waals surface area contributed by atoms with Crippen molar-refractivity contribution in [1.29, 1.82) is 0 Å². The largest absolute Gasteiger partial charge is 0.490 e. The molecule has 0 aromatic heterocycles. The predicted octanol–water partition coefficient (Wildman–Crippen LogP) is 6.49. The van der Waals surface area contributed by atoms with E-state index in [0.29, 0.717) is 20.7 Å². The summed E-state index contributed by atoms with van der Waals surface area (Å²) >= 11 is 21.3. The fourth-order valence-corrected chi connectivity index (χ4v) is 4.62. The van der Waals surface area contributed by atoms with Gasteiger partial charge in [0.2, 0.25) is 0 Å². The van der Waals surface area contributed by atoms with Crippen LogP contribution in [0, 0.1) is 0 Å². The number of anilines is 2. The summed E-state index contributed by atoms with van der Waals surface area (Å²) in [6.07, 6.45) is 1.30. The summed E-state index contributed by atoms with van der Waals surface area (Å²) in [5.74, 6) is -1.66. The van der Waals surface area contributed by atoms with Gasteiger partial charge in [-0.05, 0) is 89.1 Å². The van der Waals surface area contributed by atoms with Gasteiger partial charge in [0, 0.05) is 10.7 Å². The molecule has 0 aliphatic carbocycles. The monoisotopic (exact) mass is 665 g/mol. The van der Waals surface area contributed by atoms with Gasteiger partial charge in [-0.2, -0.15) is 0 Å². The molecular weight excluding hydrogens is 649 g/mol. The Bertz CT molecular complexity index is 1550. The Hall–Kier alpha value is -3.57. The molecule has 2 N–H and O–H groups in total. The maximum absolute atomic E-state index is 13.2. The fourth-order valence-electron chi connectivity index (χ4n) is 3.63. The second-order valence-corrected chi connectivity index (χ2v) is 10.3. The van der Waals surface area contributed by atoms with Crippen LogP contribution in [0.15, 0.2) is 64.6 Å². The Morgan fingerprint density at radius 1 is 1.00 bits per heavy atom. The second-order valence-electron chi connectivity index (χ2n) is 8.16. The molecule has 4 rings (SSSR count). The third-order valence-electron chi connectivity index (χ3n) is 5.38. The minimum atomic E-state index is -0.928. The number of ether oxygens (including phenoxy) is 2. The molecule has 1 aliphatic heterocycles. The zero-order valence-electron chi connectivity index (χ0n) is 20.6. The quantitative estimate of drug-likeness (QED) is 0.210. The smallest absolute Gasteiger partial charge is 0.335 e. The summed E-state index contributed by atoms with van der Waals surface area (Å²) in [6, 6.07) is 13.0. The second kappa shape index (κ2) is 12.7. The average molecular weight is 668 g/mol. The molecule has 3 aromatic carbocycles. The number of amides is 5. The maximum Gasteiger partial charge on any atom is 0.335 e. The van der Waals surface area contributed by atoms with E-state index in [-0.39, 0.29) is 46.0 Å². The van der Waals surface area contributed by atoms with Crippen molar-refractivity contribution in [2.45, 2.75) is 6.92 Å². The number of carbonyl (C=O) groups is 4. The highest BCUT2D eigenvalue weighted by Crippen LogP contribution is 2.38. The van der Waals surface area contributed by atoms with E-state index >= 15 is 0 Å². The number of barbiturate groups is 1. The van der Waals surface area contributed by atoms with E-state index in [1.807, 2.05) is 0 Å². The molecule has 40 heavy (non-hydrogen) atoms. The molecule has 0 unspecified atom stereocenters. The normalized spacial score (nSPS) is 14.3. The maximum atomic E-state index is 13.2. The van der Waals surface area contributed by atoms with E-state index < -0.39 is 23.8 Å². The highest BCUT2D eigenvalue weighted by atomic mass is 79.9. The Balaban J connectivity index is 1.58. The number of carbonyl (C=O) groups excluding carboxylic acids is 4. The van der Waals surface area contributed by atoms with Crippen LogP contribution in [0.3, 0.4) is 0 Å². The van der Waals surface area contributed by atoms with Gasteiger partial charge in [-0.3, -0.25) is 19.7 Å². The van der Waals surface area contributed by atoms with Gasteiger partial charge in [0.1, 0.15) is 5.57 Å². The van der Waals surface area contributed by atoms with Crippen LogP contribution < -0.4 is 25.0 Å². The zero-order valence-corrected chi connectivity index (χ0v) is 24.5. The average Bonchev–Trinajstić information content (AvgIpc) is 2.89. The Kier molecular flexibility index (Phi) is 9.36. The van der Waals surface area contributed by atoms with E-state index in [1.165, 1.54) is 30.3 Å². The van der Waals surface area contributed by atoms with Gasteiger partial charge in [-0.25, -0.2) is 9.69 Å². The van der Waals surface area contributed by atoms with Gasteiger partial charge in [-0.15, -0.1) is 0 Å². The molecule has 0 bridgehead atoms. The predicted molar refractivity (Wildman–Crippen MR) is 156 cm³/mol. The first-order chi connectivity index (χ1) is 19.1. The molecular formula is C27H19BrCl3N3O6. The van der Waals surface area contributed by atoms with Crippen LogP contribution in [0.1, 0.15) is 12.5 Å². The highest BCUT2D eigenvalue weighted by Gasteiger charge is 2.37. The number of hydrogen-bond donors (Lipinski definition) is 2. The standard InChI is InChI=1S/C27H19BrCl3N3O6/c1-2-39-22-11-14(10-19(28)24(22)40-13-23(35)32-16-5-3-15(29)4-6-16)9-18-25(36)33-27(38)34(26(18)37)17-7-8-20(30)21(31)12-17/h3-12H,2,13H2,1H3,(H,32,35)(H,33,36,38)/b18-9+. The van der Waals surface area contributed by atoms with Crippen molar-refractivity contribution < 1.29 is 28.7 Å². The van der Waals surface area contributed by atoms with Crippen LogP contribution in [-0.4, -0.2) is 37.0 Å². The number of benzene rings is 3. The van der Waals surface area contributed by atoms with E-state index in [1.54, 1.807) is 37.3 Å². The molecule has 0 atom stereocenters. The van der Waals surface area contributed by atoms with Crippen LogP contribution in [0.4, 0.5) is 16.2 Å². The summed E-state index contributed by atoms with van der Waals surface area (Å²) in [5.41, 5.74) is 0.756. The molecule has 3 aromatic rings. The number of rotatable bonds is 8. The Labute approximate surface area is 252 Å². The number of urea groups is 1. The van der Waals surface area contributed by atoms with Crippen molar-refractivity contribution in [2.24, 2.45) is 0 Å². The van der Waals surface area contributed by atoms with Gasteiger partial charge >= 0.3 is 6.03 Å². The van der Waals surface area contributed by atoms with Crippen molar-refractivity contribution in [1.82, 2.24) is 5.32 Å². The van der Waals surface area contributed by atoms with Crippen molar-refractivity contribution >= 4 is 91.9 Å². The van der Waals surface area contributed by atoms with Crippen molar-refractivity contribution in [3.05, 3.63) is 85.3 Å². The van der Waals surface area contributed by atoms with Crippen molar-refractivity contribution in [3.63, 3.8) is 0 Å². The minimum absolute atomic E-state index is 0.130. The minimum Gasteiger partial charge on any atom is -0.490 e. The number of halogens is 4. The molecule has 206 valence electrons. The third kappa shape index (κ3) is 6.76. The lowest BCUT2D eigenvalue weighted by atomic mass is 10.1. The lowest BCUT2D eigenvalue weighted by Crippen LogP contribution is -2.54. The van der Waals surface area contributed by atoms with E-state index in [2.05, 4.69) is 26.6 Å². The lowest BCUT2D eigenvalue weighted by molar-refractivity contribution is -0.122. The zero-order chi connectivity index (χ0) is 29.0. The van der Waals surface area contributed by atoms with Crippen LogP contribution in [0.5, 0.6) is 11.5 Å².